The summed E-state index contributed by atoms with van der Waals surface area (Å²) < 4.78 is 36.6. The highest BCUT2D eigenvalue weighted by Crippen LogP contribution is 2.26. The molecular weight excluding hydrogens is 281 g/mol. The number of aromatic nitrogens is 1. The Labute approximate surface area is 105 Å². The molecule has 0 aliphatic carbocycles. The van der Waals surface area contributed by atoms with Crippen LogP contribution in [0.1, 0.15) is 9.80 Å². The van der Waals surface area contributed by atoms with Crippen molar-refractivity contribution in [3.8, 4) is 0 Å². The number of halogens is 1. The van der Waals surface area contributed by atoms with Gasteiger partial charge in [-0.05, 0) is 24.3 Å². The molecule has 0 bridgehead atoms. The van der Waals surface area contributed by atoms with Gasteiger partial charge in [-0.3, -0.25) is 0 Å². The van der Waals surface area contributed by atoms with Crippen LogP contribution in [0.3, 0.4) is 0 Å². The highest BCUT2D eigenvalue weighted by Gasteiger charge is 2.22. The third-order valence-electron chi connectivity index (χ3n) is 2.06. The molecule has 0 aliphatic heterocycles. The highest BCUT2D eigenvalue weighted by molar-refractivity contribution is 7.93. The van der Waals surface area contributed by atoms with Crippen molar-refractivity contribution in [2.45, 2.75) is 9.10 Å². The summed E-state index contributed by atoms with van der Waals surface area (Å²) in [6.07, 6.45) is 0.979. The van der Waals surface area contributed by atoms with E-state index >= 15 is 0 Å². The number of carbonyl (C=O) groups is 1. The SMILES string of the molecule is O=C(O)c1ncc(S(=O)(=O)c2ccc(F)cc2)s1. The Hall–Kier alpha value is -1.80. The predicted molar refractivity (Wildman–Crippen MR) is 60.9 cm³/mol. The molecule has 2 aromatic rings. The first-order valence-corrected chi connectivity index (χ1v) is 6.91. The number of thiazole rings is 1. The Morgan fingerprint density at radius 1 is 1.28 bits per heavy atom. The first kappa shape index (κ1) is 12.7. The van der Waals surface area contributed by atoms with Crippen LogP contribution in [-0.4, -0.2) is 24.5 Å². The standard InChI is InChI=1S/C10H6FNO4S2/c11-6-1-3-7(4-2-6)18(15,16)8-5-12-9(17-8)10(13)14/h1-5H,(H,13,14). The van der Waals surface area contributed by atoms with E-state index in [0.29, 0.717) is 11.3 Å². The second-order valence-corrected chi connectivity index (χ2v) is 6.45. The van der Waals surface area contributed by atoms with Crippen LogP contribution in [0.2, 0.25) is 0 Å². The molecule has 0 unspecified atom stereocenters. The fourth-order valence-electron chi connectivity index (χ4n) is 1.21. The van der Waals surface area contributed by atoms with E-state index in [-0.39, 0.29) is 14.1 Å². The van der Waals surface area contributed by atoms with E-state index < -0.39 is 21.6 Å². The normalized spacial score (nSPS) is 11.4. The van der Waals surface area contributed by atoms with Gasteiger partial charge in [0.1, 0.15) is 10.0 Å². The number of hydrogen-bond donors (Lipinski definition) is 1. The molecule has 2 rings (SSSR count). The molecule has 1 aromatic carbocycles. The lowest BCUT2D eigenvalue weighted by molar-refractivity contribution is 0.0696. The molecule has 94 valence electrons. The summed E-state index contributed by atoms with van der Waals surface area (Å²) in [5.41, 5.74) is 0. The molecule has 1 heterocycles. The zero-order valence-electron chi connectivity index (χ0n) is 8.70. The monoisotopic (exact) mass is 287 g/mol. The minimum absolute atomic E-state index is 0.107. The summed E-state index contributed by atoms with van der Waals surface area (Å²) in [5.74, 6) is -1.84. The average molecular weight is 287 g/mol. The number of carboxylic acids is 1. The van der Waals surface area contributed by atoms with Crippen molar-refractivity contribution in [1.29, 1.82) is 0 Å². The second kappa shape index (κ2) is 4.46. The zero-order chi connectivity index (χ0) is 13.3. The molecule has 0 fully saturated rings. The Balaban J connectivity index is 2.47. The van der Waals surface area contributed by atoms with E-state index in [1.54, 1.807) is 0 Å². The van der Waals surface area contributed by atoms with Crippen LogP contribution in [0.4, 0.5) is 4.39 Å². The lowest BCUT2D eigenvalue weighted by atomic mass is 10.4. The lowest BCUT2D eigenvalue weighted by Gasteiger charge is -2.00. The Bertz CT molecular complexity index is 691. The summed E-state index contributed by atoms with van der Waals surface area (Å²) in [4.78, 5) is 14.0. The summed E-state index contributed by atoms with van der Waals surface area (Å²) in [6.45, 7) is 0. The Morgan fingerprint density at radius 3 is 2.39 bits per heavy atom. The highest BCUT2D eigenvalue weighted by atomic mass is 32.2. The van der Waals surface area contributed by atoms with Gasteiger partial charge in [-0.2, -0.15) is 0 Å². The van der Waals surface area contributed by atoms with Gasteiger partial charge in [-0.15, -0.1) is 0 Å². The van der Waals surface area contributed by atoms with Crippen molar-refractivity contribution in [2.75, 3.05) is 0 Å². The molecule has 0 saturated carbocycles. The van der Waals surface area contributed by atoms with Gasteiger partial charge in [-0.1, -0.05) is 11.3 Å². The van der Waals surface area contributed by atoms with Crippen molar-refractivity contribution in [2.24, 2.45) is 0 Å². The van der Waals surface area contributed by atoms with Crippen LogP contribution in [0.15, 0.2) is 39.6 Å². The van der Waals surface area contributed by atoms with E-state index in [0.717, 1.165) is 30.5 Å². The molecule has 0 saturated heterocycles. The maximum atomic E-state index is 12.7. The molecule has 1 N–H and O–H groups in total. The summed E-state index contributed by atoms with van der Waals surface area (Å²) in [7, 11) is -3.84. The molecule has 0 radical (unpaired) electrons. The summed E-state index contributed by atoms with van der Waals surface area (Å²) in [5, 5.41) is 8.36. The Kier molecular flexibility index (Phi) is 3.14. The predicted octanol–water partition coefficient (Wildman–Crippen LogP) is 1.81. The molecule has 1 aromatic heterocycles. The maximum Gasteiger partial charge on any atom is 0.365 e. The molecule has 0 atom stereocenters. The summed E-state index contributed by atoms with van der Waals surface area (Å²) in [6, 6.07) is 4.27. The third-order valence-corrected chi connectivity index (χ3v) is 5.27. The van der Waals surface area contributed by atoms with E-state index in [9.17, 15) is 17.6 Å². The number of hydrogen-bond acceptors (Lipinski definition) is 5. The Morgan fingerprint density at radius 2 is 1.89 bits per heavy atom. The molecule has 0 spiro atoms. The van der Waals surface area contributed by atoms with Crippen molar-refractivity contribution in [3.05, 3.63) is 41.3 Å². The van der Waals surface area contributed by atoms with E-state index in [1.807, 2.05) is 0 Å². The van der Waals surface area contributed by atoms with Gasteiger partial charge in [0, 0.05) is 0 Å². The fraction of sp³-hybridized carbons (Fsp3) is 0. The number of benzene rings is 1. The minimum atomic E-state index is -3.84. The van der Waals surface area contributed by atoms with Gasteiger partial charge in [-0.25, -0.2) is 22.6 Å². The van der Waals surface area contributed by atoms with Crippen molar-refractivity contribution in [1.82, 2.24) is 4.98 Å². The molecule has 5 nitrogen and oxygen atoms in total. The second-order valence-electron chi connectivity index (χ2n) is 3.25. The van der Waals surface area contributed by atoms with Crippen molar-refractivity contribution >= 4 is 27.1 Å². The number of carboxylic acid groups (broad SMARTS) is 1. The van der Waals surface area contributed by atoms with Gasteiger partial charge >= 0.3 is 5.97 Å². The number of aromatic carboxylic acids is 1. The molecule has 0 aliphatic rings. The first-order valence-electron chi connectivity index (χ1n) is 4.61. The zero-order valence-corrected chi connectivity index (χ0v) is 10.3. The quantitative estimate of drug-likeness (QED) is 0.870. The van der Waals surface area contributed by atoms with Gasteiger partial charge < -0.3 is 5.11 Å². The summed E-state index contributed by atoms with van der Waals surface area (Å²) >= 11 is 0.555. The number of nitrogens with zero attached hydrogens (tertiary/aromatic N) is 1. The van der Waals surface area contributed by atoms with E-state index in [1.165, 1.54) is 0 Å². The van der Waals surface area contributed by atoms with Crippen LogP contribution in [0.5, 0.6) is 0 Å². The van der Waals surface area contributed by atoms with Crippen LogP contribution in [0, 0.1) is 5.82 Å². The van der Waals surface area contributed by atoms with Gasteiger partial charge in [0.2, 0.25) is 14.8 Å². The van der Waals surface area contributed by atoms with Crippen molar-refractivity contribution in [3.63, 3.8) is 0 Å². The minimum Gasteiger partial charge on any atom is -0.476 e. The maximum absolute atomic E-state index is 12.7. The molecule has 8 heteroatoms. The van der Waals surface area contributed by atoms with Crippen molar-refractivity contribution < 1.29 is 22.7 Å². The lowest BCUT2D eigenvalue weighted by Crippen LogP contribution is -1.99. The van der Waals surface area contributed by atoms with Crippen LogP contribution < -0.4 is 0 Å². The number of sulfone groups is 1. The van der Waals surface area contributed by atoms with Gasteiger partial charge in [0.25, 0.3) is 0 Å². The van der Waals surface area contributed by atoms with E-state index in [4.69, 9.17) is 5.11 Å². The third kappa shape index (κ3) is 2.24. The van der Waals surface area contributed by atoms with Gasteiger partial charge in [0.05, 0.1) is 11.1 Å². The molecule has 0 amide bonds. The topological polar surface area (TPSA) is 84.3 Å². The largest absolute Gasteiger partial charge is 0.476 e. The van der Waals surface area contributed by atoms with Crippen LogP contribution >= 0.6 is 11.3 Å². The number of rotatable bonds is 3. The van der Waals surface area contributed by atoms with Crippen LogP contribution in [0.25, 0.3) is 0 Å². The first-order chi connectivity index (χ1) is 8.41. The van der Waals surface area contributed by atoms with Crippen LogP contribution in [-0.2, 0) is 9.84 Å². The smallest absolute Gasteiger partial charge is 0.365 e. The molecular formula is C10H6FNO4S2. The van der Waals surface area contributed by atoms with E-state index in [2.05, 4.69) is 4.98 Å². The molecule has 18 heavy (non-hydrogen) atoms. The fourth-order valence-corrected chi connectivity index (χ4v) is 3.58. The van der Waals surface area contributed by atoms with Gasteiger partial charge in [0.15, 0.2) is 0 Å². The average Bonchev–Trinajstić information content (AvgIpc) is 2.79.